The second-order valence-electron chi connectivity index (χ2n) is 3.39. The lowest BCUT2D eigenvalue weighted by Crippen LogP contribution is -2.30. The number of amides is 1. The lowest BCUT2D eigenvalue weighted by molar-refractivity contribution is -0.128. The monoisotopic (exact) mass is 210 g/mol. The largest absolute Gasteiger partial charge is 0.321 e. The zero-order valence-corrected chi connectivity index (χ0v) is 9.01. The summed E-state index contributed by atoms with van der Waals surface area (Å²) in [5.74, 6) is 0.213. The highest BCUT2D eigenvalue weighted by Crippen LogP contribution is 2.25. The fourth-order valence-electron chi connectivity index (χ4n) is 1.74. The van der Waals surface area contributed by atoms with E-state index in [1.807, 2.05) is 16.3 Å². The maximum atomic E-state index is 11.5. The molecule has 0 aliphatic carbocycles. The Hall–Kier alpha value is -0.870. The molecular formula is C10H14N2OS. The molecule has 1 fully saturated rings. The summed E-state index contributed by atoms with van der Waals surface area (Å²) in [6.45, 7) is 3.41. The molecule has 4 heteroatoms. The van der Waals surface area contributed by atoms with E-state index in [1.165, 1.54) is 4.88 Å². The summed E-state index contributed by atoms with van der Waals surface area (Å²) in [4.78, 5) is 14.7. The number of nitrogens with one attached hydrogen (secondary N) is 1. The molecule has 1 aliphatic rings. The number of rotatable bonds is 3. The average molecular weight is 210 g/mol. The van der Waals surface area contributed by atoms with E-state index in [2.05, 4.69) is 18.3 Å². The third-order valence-electron chi connectivity index (χ3n) is 2.36. The third kappa shape index (κ3) is 1.67. The van der Waals surface area contributed by atoms with Crippen molar-refractivity contribution in [2.75, 3.05) is 13.1 Å². The number of hydrogen-bond donors (Lipinski definition) is 1. The molecule has 0 aromatic carbocycles. The molecule has 1 saturated heterocycles. The van der Waals surface area contributed by atoms with Crippen molar-refractivity contribution in [2.45, 2.75) is 19.5 Å². The van der Waals surface area contributed by atoms with Crippen LogP contribution >= 0.6 is 11.3 Å². The topological polar surface area (TPSA) is 32.3 Å². The first-order valence-electron chi connectivity index (χ1n) is 4.89. The van der Waals surface area contributed by atoms with Gasteiger partial charge in [-0.25, -0.2) is 0 Å². The van der Waals surface area contributed by atoms with Gasteiger partial charge in [-0.3, -0.25) is 10.1 Å². The van der Waals surface area contributed by atoms with E-state index in [4.69, 9.17) is 0 Å². The van der Waals surface area contributed by atoms with Gasteiger partial charge >= 0.3 is 0 Å². The van der Waals surface area contributed by atoms with Crippen LogP contribution in [0.1, 0.15) is 24.4 Å². The Kier molecular flexibility index (Phi) is 2.84. The zero-order chi connectivity index (χ0) is 9.97. The van der Waals surface area contributed by atoms with Crippen molar-refractivity contribution < 1.29 is 4.79 Å². The Morgan fingerprint density at radius 1 is 1.71 bits per heavy atom. The molecule has 14 heavy (non-hydrogen) atoms. The lowest BCUT2D eigenvalue weighted by atomic mass is 10.3. The maximum absolute atomic E-state index is 11.5. The first kappa shape index (κ1) is 9.68. The van der Waals surface area contributed by atoms with Gasteiger partial charge in [0.05, 0.1) is 6.54 Å². The van der Waals surface area contributed by atoms with Crippen molar-refractivity contribution in [3.05, 3.63) is 22.4 Å². The maximum Gasteiger partial charge on any atom is 0.238 e. The van der Waals surface area contributed by atoms with E-state index in [9.17, 15) is 4.79 Å². The van der Waals surface area contributed by atoms with Crippen molar-refractivity contribution in [3.63, 3.8) is 0 Å². The highest BCUT2D eigenvalue weighted by Gasteiger charge is 2.30. The Bertz CT molecular complexity index is 310. The molecule has 0 saturated carbocycles. The highest BCUT2D eigenvalue weighted by molar-refractivity contribution is 7.10. The average Bonchev–Trinajstić information content (AvgIpc) is 2.77. The summed E-state index contributed by atoms with van der Waals surface area (Å²) in [5.41, 5.74) is 0. The van der Waals surface area contributed by atoms with Gasteiger partial charge in [0.15, 0.2) is 0 Å². The smallest absolute Gasteiger partial charge is 0.238 e. The predicted octanol–water partition coefficient (Wildman–Crippen LogP) is 1.59. The number of nitrogens with zero attached hydrogens (tertiary/aromatic N) is 1. The molecule has 2 heterocycles. The van der Waals surface area contributed by atoms with Gasteiger partial charge in [-0.2, -0.15) is 0 Å². The second kappa shape index (κ2) is 4.11. The van der Waals surface area contributed by atoms with Crippen LogP contribution in [0.15, 0.2) is 17.5 Å². The van der Waals surface area contributed by atoms with E-state index in [-0.39, 0.29) is 12.1 Å². The highest BCUT2D eigenvalue weighted by atomic mass is 32.1. The molecule has 0 bridgehead atoms. The van der Waals surface area contributed by atoms with Crippen LogP contribution in [0, 0.1) is 0 Å². The summed E-state index contributed by atoms with van der Waals surface area (Å²) in [6, 6.07) is 4.10. The SMILES string of the molecule is CCCN1C(=O)CNC1c1cccs1. The van der Waals surface area contributed by atoms with Crippen LogP contribution in [0.3, 0.4) is 0 Å². The van der Waals surface area contributed by atoms with E-state index in [1.54, 1.807) is 11.3 Å². The molecule has 1 aromatic rings. The lowest BCUT2D eigenvalue weighted by Gasteiger charge is -2.22. The Morgan fingerprint density at radius 3 is 3.21 bits per heavy atom. The summed E-state index contributed by atoms with van der Waals surface area (Å²) >= 11 is 1.70. The van der Waals surface area contributed by atoms with Crippen molar-refractivity contribution in [1.29, 1.82) is 0 Å². The fraction of sp³-hybridized carbons (Fsp3) is 0.500. The second-order valence-corrected chi connectivity index (χ2v) is 4.37. The number of carbonyl (C=O) groups excluding carboxylic acids is 1. The zero-order valence-electron chi connectivity index (χ0n) is 8.19. The van der Waals surface area contributed by atoms with Crippen LogP contribution in [-0.2, 0) is 4.79 Å². The van der Waals surface area contributed by atoms with Gasteiger partial charge in [-0.1, -0.05) is 13.0 Å². The predicted molar refractivity (Wildman–Crippen MR) is 57.1 cm³/mol. The number of hydrogen-bond acceptors (Lipinski definition) is 3. The Balaban J connectivity index is 2.15. The molecule has 2 rings (SSSR count). The van der Waals surface area contributed by atoms with Gasteiger partial charge in [-0.05, 0) is 17.9 Å². The van der Waals surface area contributed by atoms with E-state index in [0.29, 0.717) is 6.54 Å². The molecule has 1 aromatic heterocycles. The van der Waals surface area contributed by atoms with Crippen LogP contribution in [0.4, 0.5) is 0 Å². The molecule has 3 nitrogen and oxygen atoms in total. The van der Waals surface area contributed by atoms with Crippen LogP contribution in [0.25, 0.3) is 0 Å². The van der Waals surface area contributed by atoms with Crippen LogP contribution < -0.4 is 5.32 Å². The summed E-state index contributed by atoms with van der Waals surface area (Å²) in [5, 5.41) is 5.28. The van der Waals surface area contributed by atoms with Crippen LogP contribution in [0.5, 0.6) is 0 Å². The minimum Gasteiger partial charge on any atom is -0.321 e. The number of carbonyl (C=O) groups is 1. The van der Waals surface area contributed by atoms with Gasteiger partial charge in [-0.15, -0.1) is 11.3 Å². The molecule has 76 valence electrons. The first-order valence-corrected chi connectivity index (χ1v) is 5.77. The van der Waals surface area contributed by atoms with Crippen molar-refractivity contribution in [2.24, 2.45) is 0 Å². The van der Waals surface area contributed by atoms with E-state index in [0.717, 1.165) is 13.0 Å². The van der Waals surface area contributed by atoms with Gasteiger partial charge in [0.25, 0.3) is 0 Å². The van der Waals surface area contributed by atoms with Crippen molar-refractivity contribution >= 4 is 17.2 Å². The van der Waals surface area contributed by atoms with Crippen LogP contribution in [-0.4, -0.2) is 23.9 Å². The standard InChI is InChI=1S/C10H14N2OS/c1-2-5-12-9(13)7-11-10(12)8-4-3-6-14-8/h3-4,6,10-11H,2,5,7H2,1H3. The normalized spacial score (nSPS) is 21.9. The van der Waals surface area contributed by atoms with Gasteiger partial charge in [0.1, 0.15) is 6.17 Å². The first-order chi connectivity index (χ1) is 6.83. The molecule has 0 spiro atoms. The summed E-state index contributed by atoms with van der Waals surface area (Å²) in [7, 11) is 0. The van der Waals surface area contributed by atoms with Gasteiger partial charge < -0.3 is 4.90 Å². The van der Waals surface area contributed by atoms with Gasteiger partial charge in [0.2, 0.25) is 5.91 Å². The molecule has 1 unspecified atom stereocenters. The third-order valence-corrected chi connectivity index (χ3v) is 3.28. The van der Waals surface area contributed by atoms with Crippen molar-refractivity contribution in [3.8, 4) is 0 Å². The molecule has 1 N–H and O–H groups in total. The molecule has 1 amide bonds. The minimum absolute atomic E-state index is 0.113. The fourth-order valence-corrected chi connectivity index (χ4v) is 2.55. The van der Waals surface area contributed by atoms with Gasteiger partial charge in [0, 0.05) is 11.4 Å². The molecule has 1 atom stereocenters. The quantitative estimate of drug-likeness (QED) is 0.821. The van der Waals surface area contributed by atoms with E-state index >= 15 is 0 Å². The van der Waals surface area contributed by atoms with Crippen molar-refractivity contribution in [1.82, 2.24) is 10.2 Å². The van der Waals surface area contributed by atoms with E-state index < -0.39 is 0 Å². The summed E-state index contributed by atoms with van der Waals surface area (Å²) < 4.78 is 0. The molecule has 1 aliphatic heterocycles. The minimum atomic E-state index is 0.113. The Morgan fingerprint density at radius 2 is 2.57 bits per heavy atom. The molecule has 0 radical (unpaired) electrons. The Labute approximate surface area is 87.7 Å². The number of thiophene rings is 1. The molecular weight excluding hydrogens is 196 g/mol. The van der Waals surface area contributed by atoms with Crippen LogP contribution in [0.2, 0.25) is 0 Å². The summed E-state index contributed by atoms with van der Waals surface area (Å²) in [6.07, 6.45) is 1.12.